The fourth-order valence-electron chi connectivity index (χ4n) is 1.63. The van der Waals surface area contributed by atoms with Gasteiger partial charge in [-0.25, -0.2) is 4.98 Å². The molecule has 0 aliphatic heterocycles. The molecule has 0 aromatic carbocycles. The lowest BCUT2D eigenvalue weighted by molar-refractivity contribution is -0.148. The number of carbonyl (C=O) groups excluding carboxylic acids is 1. The van der Waals surface area contributed by atoms with Crippen molar-refractivity contribution in [1.82, 2.24) is 14.7 Å². The van der Waals surface area contributed by atoms with Crippen molar-refractivity contribution in [2.24, 2.45) is 0 Å². The third kappa shape index (κ3) is 5.08. The number of thioether (sulfide) groups is 1. The third-order valence-corrected chi connectivity index (χ3v) is 5.00. The van der Waals surface area contributed by atoms with Crippen molar-refractivity contribution in [1.29, 1.82) is 0 Å². The molecule has 1 rings (SSSR count). The van der Waals surface area contributed by atoms with Crippen LogP contribution in [0.1, 0.15) is 32.0 Å². The standard InChI is InChI=1S/C12H21N3O2S2/c1-9-14-11(19-15-9)18-8-6-5-7-12(2,13-3)10(16)17-4/h13H,5-8H2,1-4H3. The van der Waals surface area contributed by atoms with E-state index in [1.54, 1.807) is 18.8 Å². The van der Waals surface area contributed by atoms with Gasteiger partial charge in [-0.3, -0.25) is 4.79 Å². The SMILES string of the molecule is CNC(C)(CCCCSc1nc(C)ns1)C(=O)OC. The van der Waals surface area contributed by atoms with Crippen LogP contribution in [0.3, 0.4) is 0 Å². The Bertz CT molecular complexity index is 411. The topological polar surface area (TPSA) is 64.1 Å². The molecule has 1 aromatic rings. The second-order valence-corrected chi connectivity index (χ2v) is 6.58. The number of ether oxygens (including phenoxy) is 1. The number of likely N-dealkylation sites (N-methyl/N-ethyl adjacent to an activating group) is 1. The molecule has 7 heteroatoms. The maximum atomic E-state index is 11.6. The molecular weight excluding hydrogens is 282 g/mol. The van der Waals surface area contributed by atoms with Gasteiger partial charge in [0.15, 0.2) is 4.34 Å². The van der Waals surface area contributed by atoms with E-state index in [0.717, 1.165) is 35.2 Å². The van der Waals surface area contributed by atoms with Crippen molar-refractivity contribution in [3.8, 4) is 0 Å². The number of methoxy groups -OCH3 is 1. The molecule has 0 fully saturated rings. The minimum absolute atomic E-state index is 0.206. The summed E-state index contributed by atoms with van der Waals surface area (Å²) < 4.78 is 9.97. The molecule has 1 atom stereocenters. The van der Waals surface area contributed by atoms with Gasteiger partial charge in [-0.15, -0.1) is 0 Å². The zero-order chi connectivity index (χ0) is 14.3. The highest BCUT2D eigenvalue weighted by Gasteiger charge is 2.31. The first-order chi connectivity index (χ1) is 9.01. The first kappa shape index (κ1) is 16.4. The number of esters is 1. The molecule has 5 nitrogen and oxygen atoms in total. The molecule has 0 radical (unpaired) electrons. The summed E-state index contributed by atoms with van der Waals surface area (Å²) in [5.41, 5.74) is -0.585. The van der Waals surface area contributed by atoms with E-state index in [-0.39, 0.29) is 5.97 Å². The monoisotopic (exact) mass is 303 g/mol. The van der Waals surface area contributed by atoms with E-state index in [1.807, 2.05) is 13.8 Å². The van der Waals surface area contributed by atoms with E-state index in [1.165, 1.54) is 18.6 Å². The van der Waals surface area contributed by atoms with E-state index in [9.17, 15) is 4.79 Å². The van der Waals surface area contributed by atoms with Crippen molar-refractivity contribution < 1.29 is 9.53 Å². The number of unbranched alkanes of at least 4 members (excludes halogenated alkanes) is 1. The van der Waals surface area contributed by atoms with Crippen LogP contribution < -0.4 is 5.32 Å². The Balaban J connectivity index is 2.24. The Morgan fingerprint density at radius 2 is 2.26 bits per heavy atom. The van der Waals surface area contributed by atoms with Crippen LogP contribution in [0.4, 0.5) is 0 Å². The van der Waals surface area contributed by atoms with E-state index < -0.39 is 5.54 Å². The van der Waals surface area contributed by atoms with Gasteiger partial charge in [0, 0.05) is 5.75 Å². The Labute approximate surface area is 122 Å². The van der Waals surface area contributed by atoms with Gasteiger partial charge in [0.1, 0.15) is 11.4 Å². The van der Waals surface area contributed by atoms with Gasteiger partial charge < -0.3 is 10.1 Å². The number of hydrogen-bond donors (Lipinski definition) is 1. The summed E-state index contributed by atoms with van der Waals surface area (Å²) in [5.74, 6) is 1.62. The molecule has 108 valence electrons. The fourth-order valence-corrected chi connectivity index (χ4v) is 3.35. The third-order valence-electron chi connectivity index (χ3n) is 2.99. The number of rotatable bonds is 8. The normalized spacial score (nSPS) is 14.1. The number of carbonyl (C=O) groups is 1. The maximum Gasteiger partial charge on any atom is 0.325 e. The molecule has 0 spiro atoms. The van der Waals surface area contributed by atoms with Gasteiger partial charge in [-0.1, -0.05) is 18.2 Å². The Morgan fingerprint density at radius 3 is 2.79 bits per heavy atom. The molecule has 0 bridgehead atoms. The lowest BCUT2D eigenvalue weighted by atomic mass is 9.95. The minimum atomic E-state index is -0.585. The van der Waals surface area contributed by atoms with Gasteiger partial charge in [-0.2, -0.15) is 4.37 Å². The molecule has 19 heavy (non-hydrogen) atoms. The summed E-state index contributed by atoms with van der Waals surface area (Å²) in [6, 6.07) is 0. The van der Waals surface area contributed by atoms with Crippen molar-refractivity contribution in [2.45, 2.75) is 43.0 Å². The number of aromatic nitrogens is 2. The maximum absolute atomic E-state index is 11.6. The van der Waals surface area contributed by atoms with Crippen molar-refractivity contribution in [3.63, 3.8) is 0 Å². The first-order valence-electron chi connectivity index (χ1n) is 6.22. The van der Waals surface area contributed by atoms with E-state index in [0.29, 0.717) is 0 Å². The lowest BCUT2D eigenvalue weighted by Crippen LogP contribution is -2.48. The molecule has 0 saturated carbocycles. The average molecular weight is 303 g/mol. The van der Waals surface area contributed by atoms with Gasteiger partial charge in [0.2, 0.25) is 0 Å². The molecule has 1 aromatic heterocycles. The summed E-state index contributed by atoms with van der Waals surface area (Å²) in [7, 11) is 3.21. The number of hydrogen-bond acceptors (Lipinski definition) is 7. The summed E-state index contributed by atoms with van der Waals surface area (Å²) in [5, 5.41) is 3.04. The van der Waals surface area contributed by atoms with Crippen molar-refractivity contribution in [2.75, 3.05) is 19.9 Å². The van der Waals surface area contributed by atoms with Crippen LogP contribution >= 0.6 is 23.3 Å². The van der Waals surface area contributed by atoms with Gasteiger partial charge in [-0.05, 0) is 45.3 Å². The average Bonchev–Trinajstić information content (AvgIpc) is 2.82. The Hall–Kier alpha value is -0.660. The van der Waals surface area contributed by atoms with Gasteiger partial charge >= 0.3 is 5.97 Å². The Morgan fingerprint density at radius 1 is 1.53 bits per heavy atom. The number of nitrogens with one attached hydrogen (secondary N) is 1. The van der Waals surface area contributed by atoms with Gasteiger partial charge in [0.05, 0.1) is 7.11 Å². The summed E-state index contributed by atoms with van der Waals surface area (Å²) in [6.45, 7) is 3.77. The molecule has 1 unspecified atom stereocenters. The molecule has 0 aliphatic rings. The molecular formula is C12H21N3O2S2. The van der Waals surface area contributed by atoms with Crippen LogP contribution in [0.15, 0.2) is 4.34 Å². The van der Waals surface area contributed by atoms with Crippen LogP contribution in [0.2, 0.25) is 0 Å². The van der Waals surface area contributed by atoms with E-state index in [4.69, 9.17) is 4.74 Å². The molecule has 1 N–H and O–H groups in total. The largest absolute Gasteiger partial charge is 0.468 e. The first-order valence-corrected chi connectivity index (χ1v) is 7.98. The van der Waals surface area contributed by atoms with Crippen LogP contribution in [0.25, 0.3) is 0 Å². The fraction of sp³-hybridized carbons (Fsp3) is 0.750. The predicted octanol–water partition coefficient (Wildman–Crippen LogP) is 2.26. The predicted molar refractivity (Wildman–Crippen MR) is 78.7 cm³/mol. The van der Waals surface area contributed by atoms with E-state index in [2.05, 4.69) is 14.7 Å². The number of nitrogens with zero attached hydrogens (tertiary/aromatic N) is 2. The summed E-state index contributed by atoms with van der Waals surface area (Å²) in [6.07, 6.45) is 2.78. The molecule has 0 amide bonds. The molecule has 0 saturated heterocycles. The second-order valence-electron chi connectivity index (χ2n) is 4.49. The van der Waals surface area contributed by atoms with Crippen LogP contribution in [-0.2, 0) is 9.53 Å². The van der Waals surface area contributed by atoms with E-state index >= 15 is 0 Å². The zero-order valence-electron chi connectivity index (χ0n) is 11.9. The number of aryl methyl sites for hydroxylation is 1. The van der Waals surface area contributed by atoms with Gasteiger partial charge in [0.25, 0.3) is 0 Å². The molecule has 0 aliphatic carbocycles. The van der Waals surface area contributed by atoms with Crippen LogP contribution in [0.5, 0.6) is 0 Å². The summed E-state index contributed by atoms with van der Waals surface area (Å²) >= 11 is 3.16. The van der Waals surface area contributed by atoms with Crippen LogP contribution in [-0.4, -0.2) is 40.8 Å². The summed E-state index contributed by atoms with van der Waals surface area (Å²) in [4.78, 5) is 15.9. The van der Waals surface area contributed by atoms with Crippen molar-refractivity contribution in [3.05, 3.63) is 5.82 Å². The lowest BCUT2D eigenvalue weighted by Gasteiger charge is -2.25. The van der Waals surface area contributed by atoms with Crippen molar-refractivity contribution >= 4 is 29.3 Å². The highest BCUT2D eigenvalue weighted by molar-refractivity contribution is 8.00. The Kier molecular flexibility index (Phi) is 6.74. The quantitative estimate of drug-likeness (QED) is 0.451. The highest BCUT2D eigenvalue weighted by Crippen LogP contribution is 2.22. The highest BCUT2D eigenvalue weighted by atomic mass is 32.2. The molecule has 1 heterocycles. The second kappa shape index (κ2) is 7.81. The minimum Gasteiger partial charge on any atom is -0.468 e. The van der Waals surface area contributed by atoms with Crippen LogP contribution in [0, 0.1) is 6.92 Å². The zero-order valence-corrected chi connectivity index (χ0v) is 13.5. The smallest absolute Gasteiger partial charge is 0.325 e.